The molecule has 1 amide bonds. The third-order valence-electron chi connectivity index (χ3n) is 3.65. The monoisotopic (exact) mass is 288 g/mol. The number of amides is 1. The molecule has 1 fully saturated rings. The highest BCUT2D eigenvalue weighted by Gasteiger charge is 2.28. The first-order valence-corrected chi connectivity index (χ1v) is 6.96. The van der Waals surface area contributed by atoms with Gasteiger partial charge in [0.15, 0.2) is 0 Å². The van der Waals surface area contributed by atoms with Crippen molar-refractivity contribution in [3.05, 3.63) is 41.9 Å². The Bertz CT molecular complexity index is 659. The van der Waals surface area contributed by atoms with Crippen molar-refractivity contribution >= 4 is 34.1 Å². The summed E-state index contributed by atoms with van der Waals surface area (Å²) in [5.41, 5.74) is 5.51. The van der Waals surface area contributed by atoms with Crippen LogP contribution in [0.25, 0.3) is 10.8 Å². The quantitative estimate of drug-likeness (QED) is 0.924. The molecule has 5 heteroatoms. The topological polar surface area (TPSA) is 59.2 Å². The Morgan fingerprint density at radius 1 is 1.40 bits per heavy atom. The zero-order valence-electron chi connectivity index (χ0n) is 10.9. The van der Waals surface area contributed by atoms with Gasteiger partial charge < -0.3 is 10.6 Å². The fraction of sp³-hybridized carbons (Fsp3) is 0.267. The number of benzene rings is 1. The highest BCUT2D eigenvalue weighted by molar-refractivity contribution is 6.31. The molecule has 1 aromatic carbocycles. The van der Waals surface area contributed by atoms with Crippen molar-refractivity contribution in [2.75, 3.05) is 11.4 Å². The summed E-state index contributed by atoms with van der Waals surface area (Å²) < 4.78 is 0. The Morgan fingerprint density at radius 2 is 2.25 bits per heavy atom. The number of carbonyl (C=O) groups is 1. The van der Waals surface area contributed by atoms with E-state index in [-0.39, 0.29) is 11.9 Å². The predicted octanol–water partition coefficient (Wildman–Crippen LogP) is 2.55. The molecule has 1 aromatic heterocycles. The molecule has 0 spiro atoms. The van der Waals surface area contributed by atoms with E-state index in [9.17, 15) is 4.79 Å². The molecule has 0 bridgehead atoms. The number of piperidine rings is 1. The lowest BCUT2D eigenvalue weighted by Crippen LogP contribution is -2.48. The minimum absolute atomic E-state index is 0.311. The van der Waals surface area contributed by atoms with Crippen LogP contribution in [-0.2, 0) is 4.79 Å². The Morgan fingerprint density at radius 3 is 3.05 bits per heavy atom. The molecule has 3 rings (SSSR count). The maximum absolute atomic E-state index is 11.6. The van der Waals surface area contributed by atoms with Crippen molar-refractivity contribution in [2.45, 2.75) is 18.9 Å². The van der Waals surface area contributed by atoms with Gasteiger partial charge in [0.05, 0.1) is 0 Å². The van der Waals surface area contributed by atoms with Crippen LogP contribution in [0.15, 0.2) is 30.5 Å². The van der Waals surface area contributed by atoms with E-state index in [0.717, 1.165) is 29.6 Å². The Balaban J connectivity index is 2.10. The second-order valence-electron chi connectivity index (χ2n) is 4.92. The minimum Gasteiger partial charge on any atom is -0.368 e. The number of hydrogen-bond acceptors (Lipinski definition) is 3. The molecule has 1 aliphatic heterocycles. The van der Waals surface area contributed by atoms with Crippen LogP contribution in [0.1, 0.15) is 12.8 Å². The van der Waals surface area contributed by atoms with Gasteiger partial charge in [-0.15, -0.1) is 0 Å². The van der Waals surface area contributed by atoms with Gasteiger partial charge in [-0.25, -0.2) is 4.98 Å². The van der Waals surface area contributed by atoms with Crippen LogP contribution in [0.3, 0.4) is 0 Å². The first-order chi connectivity index (χ1) is 9.66. The van der Waals surface area contributed by atoms with Gasteiger partial charge in [-0.05, 0) is 48.9 Å². The number of nitrogens with two attached hydrogens (primary N) is 1. The molecule has 0 saturated carbocycles. The van der Waals surface area contributed by atoms with Crippen LogP contribution in [-0.4, -0.2) is 23.5 Å². The number of pyridine rings is 1. The number of primary amides is 1. The van der Waals surface area contributed by atoms with E-state index < -0.39 is 0 Å². The lowest BCUT2D eigenvalue weighted by atomic mass is 10.0. The standard InChI is InChI=1S/C15H15ClN3O/c16-11-4-5-12-10(9-11)6-7-18-15(12)19-8-2-1-3-13(19)14(17)20/h1,4-7,9,13H,2-3,8H2,(H2,17,20). The van der Waals surface area contributed by atoms with Gasteiger partial charge in [0.2, 0.25) is 5.91 Å². The number of halogens is 1. The normalized spacial score (nSPS) is 19.2. The number of aromatic nitrogens is 1. The highest BCUT2D eigenvalue weighted by Crippen LogP contribution is 2.30. The van der Waals surface area contributed by atoms with Crippen molar-refractivity contribution in [3.8, 4) is 0 Å². The van der Waals surface area contributed by atoms with E-state index in [1.807, 2.05) is 29.2 Å². The Labute approximate surface area is 122 Å². The largest absolute Gasteiger partial charge is 0.368 e. The van der Waals surface area contributed by atoms with Gasteiger partial charge in [0, 0.05) is 23.2 Å². The molecule has 1 atom stereocenters. The summed E-state index contributed by atoms with van der Waals surface area (Å²) in [6, 6.07) is 7.27. The van der Waals surface area contributed by atoms with Gasteiger partial charge >= 0.3 is 0 Å². The molecule has 1 radical (unpaired) electrons. The molecule has 103 valence electrons. The predicted molar refractivity (Wildman–Crippen MR) is 80.6 cm³/mol. The van der Waals surface area contributed by atoms with Crippen LogP contribution < -0.4 is 10.6 Å². The zero-order valence-corrected chi connectivity index (χ0v) is 11.7. The summed E-state index contributed by atoms with van der Waals surface area (Å²) >= 11 is 6.02. The fourth-order valence-electron chi connectivity index (χ4n) is 2.67. The molecule has 1 aliphatic rings. The molecule has 20 heavy (non-hydrogen) atoms. The Hall–Kier alpha value is -1.81. The van der Waals surface area contributed by atoms with Crippen molar-refractivity contribution in [3.63, 3.8) is 0 Å². The maximum Gasteiger partial charge on any atom is 0.240 e. The van der Waals surface area contributed by atoms with Crippen LogP contribution in [0.2, 0.25) is 5.02 Å². The van der Waals surface area contributed by atoms with Crippen molar-refractivity contribution in [1.82, 2.24) is 4.98 Å². The summed E-state index contributed by atoms with van der Waals surface area (Å²) in [5.74, 6) is 0.491. The summed E-state index contributed by atoms with van der Waals surface area (Å²) in [6.07, 6.45) is 5.44. The van der Waals surface area contributed by atoms with Crippen molar-refractivity contribution < 1.29 is 4.79 Å². The first kappa shape index (κ1) is 13.2. The molecule has 2 N–H and O–H groups in total. The van der Waals surface area contributed by atoms with E-state index in [1.165, 1.54) is 0 Å². The number of anilines is 1. The van der Waals surface area contributed by atoms with Gasteiger partial charge in [0.1, 0.15) is 11.9 Å². The van der Waals surface area contributed by atoms with Gasteiger partial charge in [-0.2, -0.15) is 0 Å². The summed E-state index contributed by atoms with van der Waals surface area (Å²) in [5, 5.41) is 2.69. The Kier molecular flexibility index (Phi) is 3.49. The van der Waals surface area contributed by atoms with Gasteiger partial charge in [-0.3, -0.25) is 4.79 Å². The van der Waals surface area contributed by atoms with Crippen LogP contribution in [0, 0.1) is 6.42 Å². The van der Waals surface area contributed by atoms with Crippen molar-refractivity contribution in [1.29, 1.82) is 0 Å². The molecule has 4 nitrogen and oxygen atoms in total. The lowest BCUT2D eigenvalue weighted by molar-refractivity contribution is -0.119. The average Bonchev–Trinajstić information content (AvgIpc) is 2.46. The maximum atomic E-state index is 11.6. The molecular formula is C15H15ClN3O. The molecule has 1 saturated heterocycles. The number of hydrogen-bond donors (Lipinski definition) is 1. The first-order valence-electron chi connectivity index (χ1n) is 6.59. The van der Waals surface area contributed by atoms with E-state index in [0.29, 0.717) is 11.4 Å². The van der Waals surface area contributed by atoms with Crippen molar-refractivity contribution in [2.24, 2.45) is 5.73 Å². The minimum atomic E-state index is -0.322. The molecular weight excluding hydrogens is 274 g/mol. The summed E-state index contributed by atoms with van der Waals surface area (Å²) in [6.45, 7) is 0.752. The van der Waals surface area contributed by atoms with Crippen LogP contribution in [0.4, 0.5) is 5.82 Å². The van der Waals surface area contributed by atoms with E-state index >= 15 is 0 Å². The second kappa shape index (κ2) is 5.29. The van der Waals surface area contributed by atoms with E-state index in [1.54, 1.807) is 6.20 Å². The number of rotatable bonds is 2. The second-order valence-corrected chi connectivity index (χ2v) is 5.36. The van der Waals surface area contributed by atoms with E-state index in [2.05, 4.69) is 11.4 Å². The van der Waals surface area contributed by atoms with Gasteiger partial charge in [-0.1, -0.05) is 11.6 Å². The summed E-state index contributed by atoms with van der Waals surface area (Å²) in [7, 11) is 0. The molecule has 1 unspecified atom stereocenters. The zero-order chi connectivity index (χ0) is 14.1. The smallest absolute Gasteiger partial charge is 0.240 e. The highest BCUT2D eigenvalue weighted by atomic mass is 35.5. The van der Waals surface area contributed by atoms with Gasteiger partial charge in [0.25, 0.3) is 0 Å². The number of nitrogens with zero attached hydrogens (tertiary/aromatic N) is 2. The fourth-order valence-corrected chi connectivity index (χ4v) is 2.85. The third kappa shape index (κ3) is 2.31. The number of fused-ring (bicyclic) bond motifs is 1. The third-order valence-corrected chi connectivity index (χ3v) is 3.88. The molecule has 2 aromatic rings. The summed E-state index contributed by atoms with van der Waals surface area (Å²) in [4.78, 5) is 18.1. The van der Waals surface area contributed by atoms with Crippen LogP contribution in [0.5, 0.6) is 0 Å². The number of carbonyl (C=O) groups excluding carboxylic acids is 1. The molecule has 0 aliphatic carbocycles. The van der Waals surface area contributed by atoms with Crippen LogP contribution >= 0.6 is 11.6 Å². The average molecular weight is 289 g/mol. The lowest BCUT2D eigenvalue weighted by Gasteiger charge is -2.35. The molecule has 2 heterocycles. The SMILES string of the molecule is NC(=O)C1C[CH]CCN1c1nccc2cc(Cl)ccc12. The van der Waals surface area contributed by atoms with E-state index in [4.69, 9.17) is 17.3 Å².